The molecule has 7 heterocycles. The Bertz CT molecular complexity index is 2220. The average Bonchev–Trinajstić information content (AvgIpc) is 3.93. The highest BCUT2D eigenvalue weighted by molar-refractivity contribution is 8.07. The van der Waals surface area contributed by atoms with Crippen LogP contribution in [-0.4, -0.2) is 117 Å². The van der Waals surface area contributed by atoms with Crippen LogP contribution in [0.4, 0.5) is 14.6 Å². The number of carbonyl (C=O) groups is 1. The first-order valence-corrected chi connectivity index (χ1v) is 19.1. The number of aliphatic hydroxyl groups excluding tert-OH is 2. The van der Waals surface area contributed by atoms with Gasteiger partial charge in [0.15, 0.2) is 47.4 Å². The van der Waals surface area contributed by atoms with Gasteiger partial charge in [0.25, 0.3) is 5.91 Å². The molecule has 5 aromatic rings. The highest BCUT2D eigenvalue weighted by atomic mass is 32.5. The van der Waals surface area contributed by atoms with E-state index in [1.807, 2.05) is 6.08 Å². The van der Waals surface area contributed by atoms with E-state index < -0.39 is 69.1 Å². The third-order valence-corrected chi connectivity index (χ3v) is 10.8. The number of hydrogen-bond acceptors (Lipinski definition) is 14. The van der Waals surface area contributed by atoms with E-state index in [0.717, 1.165) is 0 Å². The lowest BCUT2D eigenvalue weighted by Crippen LogP contribution is -2.34. The van der Waals surface area contributed by atoms with Crippen LogP contribution in [0.2, 0.25) is 0 Å². The van der Waals surface area contributed by atoms with Gasteiger partial charge >= 0.3 is 6.72 Å². The number of benzene rings is 1. The highest BCUT2D eigenvalue weighted by Crippen LogP contribution is 2.50. The first kappa shape index (κ1) is 35.8. The van der Waals surface area contributed by atoms with E-state index in [1.165, 1.54) is 39.3 Å². The molecular weight excluding hydrogens is 739 g/mol. The molecule has 53 heavy (non-hydrogen) atoms. The number of aliphatic hydroxyl groups is 2. The lowest BCUT2D eigenvalue weighted by molar-refractivity contribution is -0.0521. The molecule has 3 aliphatic heterocycles. The number of alkyl halides is 2. The minimum absolute atomic E-state index is 0.0730. The molecule has 9 atom stereocenters. The molecule has 2 unspecified atom stereocenters. The summed E-state index contributed by atoms with van der Waals surface area (Å²) in [5.41, 5.74) is 1.89. The average molecular weight is 772 g/mol. The third-order valence-electron chi connectivity index (χ3n) is 9.24. The van der Waals surface area contributed by atoms with Gasteiger partial charge in [-0.1, -0.05) is 30.4 Å². The number of hydrogen-bond donors (Lipinski definition) is 3. The van der Waals surface area contributed by atoms with Crippen molar-refractivity contribution in [1.82, 2.24) is 39.0 Å². The van der Waals surface area contributed by atoms with Gasteiger partial charge in [0.05, 0.1) is 31.6 Å². The maximum absolute atomic E-state index is 16.1. The molecule has 0 spiro atoms. The standard InChI is InChI=1S/C32H32F2N9O8PS/c33-21-25(45)20-12-48-52(47,53)51-26-19(11-44)49-32(22(26)34)42-15-39-23-18(35-13-36-27(23)42)9-5-2-6-10-41(30(46)17-7-3-1-4-8-17)28-24-29(38-14-37-28)43(16-40-24)31(21)50-20/h1-4,6-8,13-16,19-22,25-26,31-32,44-45H,5,9-12H2,(H,47,53)/b6-2+/t19-,20-,21-,22-,25-,26-,31?,32-,52?/m1/s1. The molecule has 21 heteroatoms. The monoisotopic (exact) mass is 771 g/mol. The van der Waals surface area contributed by atoms with Crippen molar-refractivity contribution in [3.05, 3.63) is 79.1 Å². The Morgan fingerprint density at radius 1 is 0.925 bits per heavy atom. The number of fused-ring (bicyclic) bond motifs is 6. The largest absolute Gasteiger partial charge is 0.394 e. The number of ether oxygens (including phenoxy) is 2. The summed E-state index contributed by atoms with van der Waals surface area (Å²) in [7, 11) is 0. The Labute approximate surface area is 304 Å². The van der Waals surface area contributed by atoms with Crippen molar-refractivity contribution in [3.8, 4) is 0 Å². The summed E-state index contributed by atoms with van der Waals surface area (Å²) in [4.78, 5) is 52.5. The van der Waals surface area contributed by atoms with Gasteiger partial charge in [-0.05, 0) is 36.8 Å². The minimum atomic E-state index is -4.31. The normalized spacial score (nSPS) is 31.7. The van der Waals surface area contributed by atoms with Gasteiger partial charge in [-0.3, -0.25) is 23.4 Å². The number of aryl methyl sites for hydroxylation is 1. The number of rotatable bonds is 2. The van der Waals surface area contributed by atoms with Crippen LogP contribution in [-0.2, 0) is 36.7 Å². The van der Waals surface area contributed by atoms with E-state index >= 15 is 8.78 Å². The molecule has 0 saturated carbocycles. The van der Waals surface area contributed by atoms with E-state index in [2.05, 4.69) is 29.9 Å². The Morgan fingerprint density at radius 2 is 1.62 bits per heavy atom. The molecular formula is C32H32F2N9O8PS. The van der Waals surface area contributed by atoms with Crippen molar-refractivity contribution in [1.29, 1.82) is 0 Å². The van der Waals surface area contributed by atoms with Crippen molar-refractivity contribution >= 4 is 52.6 Å². The van der Waals surface area contributed by atoms with Gasteiger partial charge in [-0.2, -0.15) is 0 Å². The summed E-state index contributed by atoms with van der Waals surface area (Å²) in [6.07, 6.45) is -3.18. The van der Waals surface area contributed by atoms with E-state index in [0.29, 0.717) is 29.6 Å². The van der Waals surface area contributed by atoms with Gasteiger partial charge in [0.2, 0.25) is 0 Å². The van der Waals surface area contributed by atoms with Crippen LogP contribution >= 0.6 is 6.72 Å². The fourth-order valence-corrected chi connectivity index (χ4v) is 8.06. The second-order valence-electron chi connectivity index (χ2n) is 12.5. The summed E-state index contributed by atoms with van der Waals surface area (Å²) < 4.78 is 57.0. The van der Waals surface area contributed by atoms with Crippen LogP contribution in [0.1, 0.15) is 34.9 Å². The Hall–Kier alpha value is -4.24. The molecule has 1 aromatic carbocycles. The second-order valence-corrected chi connectivity index (χ2v) is 15.3. The molecule has 0 radical (unpaired) electrons. The van der Waals surface area contributed by atoms with E-state index in [1.54, 1.807) is 36.4 Å². The van der Waals surface area contributed by atoms with Gasteiger partial charge in [0, 0.05) is 12.1 Å². The number of nitrogens with zero attached hydrogens (tertiary/aromatic N) is 9. The first-order valence-electron chi connectivity index (χ1n) is 16.5. The predicted octanol–water partition coefficient (Wildman–Crippen LogP) is 2.26. The van der Waals surface area contributed by atoms with Crippen LogP contribution in [0.25, 0.3) is 22.3 Å². The Kier molecular flexibility index (Phi) is 9.81. The first-order chi connectivity index (χ1) is 25.6. The summed E-state index contributed by atoms with van der Waals surface area (Å²) in [6, 6.07) is 8.59. The lowest BCUT2D eigenvalue weighted by atomic mass is 10.1. The summed E-state index contributed by atoms with van der Waals surface area (Å²) in [6.45, 7) is -5.57. The lowest BCUT2D eigenvalue weighted by Gasteiger charge is -2.25. The molecule has 0 aliphatic carbocycles. The Morgan fingerprint density at radius 3 is 2.38 bits per heavy atom. The molecule has 4 aromatic heterocycles. The molecule has 2 fully saturated rings. The number of amides is 1. The number of anilines is 1. The van der Waals surface area contributed by atoms with Crippen LogP contribution in [0, 0.1) is 0 Å². The maximum atomic E-state index is 16.1. The van der Waals surface area contributed by atoms with E-state index in [-0.39, 0.29) is 35.1 Å². The van der Waals surface area contributed by atoms with Gasteiger partial charge in [0.1, 0.15) is 42.6 Å². The maximum Gasteiger partial charge on any atom is 0.325 e. The fraction of sp³-hybridized carbons (Fsp3) is 0.406. The predicted molar refractivity (Wildman–Crippen MR) is 184 cm³/mol. The zero-order valence-electron chi connectivity index (χ0n) is 27.5. The van der Waals surface area contributed by atoms with Crippen LogP contribution < -0.4 is 4.90 Å². The molecule has 12 bridgehead atoms. The summed E-state index contributed by atoms with van der Waals surface area (Å²) >= 11 is 5.16. The van der Waals surface area contributed by atoms with Gasteiger partial charge in [-0.25, -0.2) is 38.7 Å². The number of imidazole rings is 2. The van der Waals surface area contributed by atoms with E-state index in [4.69, 9.17) is 30.3 Å². The number of aromatic nitrogens is 8. The Balaban J connectivity index is 1.17. The molecule has 17 nitrogen and oxygen atoms in total. The minimum Gasteiger partial charge on any atom is -0.394 e. The molecule has 2 saturated heterocycles. The third kappa shape index (κ3) is 6.64. The zero-order chi connectivity index (χ0) is 36.9. The molecule has 8 rings (SSSR count). The number of carbonyl (C=O) groups excluding carboxylic acids is 1. The van der Waals surface area contributed by atoms with Crippen molar-refractivity contribution < 1.29 is 47.2 Å². The fourth-order valence-electron chi connectivity index (χ4n) is 6.62. The van der Waals surface area contributed by atoms with E-state index in [9.17, 15) is 19.9 Å². The SMILES string of the molecule is O=C(c1ccccc1)N1C/C=C/CCc2ncnc3c2ncn3[C@@H]2O[C@H](CO)[C@@H](OP(O)(=S)OC[C@H]3OC([C@H](F)[C@@H]3O)n3cnc4c1ncnc43)[C@H]2F. The smallest absolute Gasteiger partial charge is 0.325 e. The van der Waals surface area contributed by atoms with Gasteiger partial charge in [-0.15, -0.1) is 0 Å². The molecule has 1 amide bonds. The zero-order valence-corrected chi connectivity index (χ0v) is 29.2. The van der Waals surface area contributed by atoms with Crippen molar-refractivity contribution in [3.63, 3.8) is 0 Å². The number of allylic oxidation sites excluding steroid dienone is 1. The molecule has 3 aliphatic rings. The summed E-state index contributed by atoms with van der Waals surface area (Å²) in [5.74, 6) is -0.226. The van der Waals surface area contributed by atoms with Crippen molar-refractivity contribution in [2.24, 2.45) is 0 Å². The van der Waals surface area contributed by atoms with Crippen LogP contribution in [0.15, 0.2) is 67.8 Å². The van der Waals surface area contributed by atoms with Crippen LogP contribution in [0.5, 0.6) is 0 Å². The molecule has 3 N–H and O–H groups in total. The van der Waals surface area contributed by atoms with Gasteiger partial charge < -0.3 is 29.1 Å². The second kappa shape index (κ2) is 14.5. The quantitative estimate of drug-likeness (QED) is 0.174. The highest BCUT2D eigenvalue weighted by Gasteiger charge is 2.51. The van der Waals surface area contributed by atoms with Crippen molar-refractivity contribution in [2.75, 3.05) is 24.7 Å². The molecule has 278 valence electrons. The van der Waals surface area contributed by atoms with Crippen LogP contribution in [0.3, 0.4) is 0 Å². The topological polar surface area (TPSA) is 205 Å². The summed E-state index contributed by atoms with van der Waals surface area (Å²) in [5, 5.41) is 20.8. The van der Waals surface area contributed by atoms with Crippen molar-refractivity contribution in [2.45, 2.75) is 62.1 Å². The number of halogens is 2.